The Bertz CT molecular complexity index is 273. The van der Waals surface area contributed by atoms with Crippen molar-refractivity contribution in [1.29, 1.82) is 0 Å². The number of nitrogens with two attached hydrogens (primary N) is 1. The standard InChI is InChI=1S/C13H19N/c1-3-10-13(4-2,11-14)12-8-6-5-7-9-12/h3,5-9H,1,4,10-11,14H2,2H3. The third-order valence-electron chi connectivity index (χ3n) is 2.99. The molecular weight excluding hydrogens is 170 g/mol. The van der Waals surface area contributed by atoms with Gasteiger partial charge in [-0.2, -0.15) is 0 Å². The number of rotatable bonds is 5. The molecule has 76 valence electrons. The van der Waals surface area contributed by atoms with Gasteiger partial charge in [-0.15, -0.1) is 6.58 Å². The minimum atomic E-state index is 0.0863. The smallest absolute Gasteiger partial charge is 0.0107 e. The van der Waals surface area contributed by atoms with Crippen molar-refractivity contribution in [2.45, 2.75) is 25.2 Å². The van der Waals surface area contributed by atoms with Gasteiger partial charge in [0.15, 0.2) is 0 Å². The van der Waals surface area contributed by atoms with Crippen LogP contribution in [0.3, 0.4) is 0 Å². The number of allylic oxidation sites excluding steroid dienone is 1. The Morgan fingerprint density at radius 1 is 1.36 bits per heavy atom. The second-order valence-corrected chi connectivity index (χ2v) is 3.70. The molecule has 0 radical (unpaired) electrons. The van der Waals surface area contributed by atoms with Gasteiger partial charge in [-0.3, -0.25) is 0 Å². The minimum Gasteiger partial charge on any atom is -0.330 e. The zero-order chi connectivity index (χ0) is 10.4. The first-order valence-electron chi connectivity index (χ1n) is 5.15. The van der Waals surface area contributed by atoms with E-state index in [9.17, 15) is 0 Å². The quantitative estimate of drug-likeness (QED) is 0.708. The molecule has 0 saturated carbocycles. The molecule has 2 N–H and O–H groups in total. The zero-order valence-corrected chi connectivity index (χ0v) is 8.87. The molecule has 0 saturated heterocycles. The highest BCUT2D eigenvalue weighted by molar-refractivity contribution is 5.26. The summed E-state index contributed by atoms with van der Waals surface area (Å²) in [6.45, 7) is 6.68. The topological polar surface area (TPSA) is 26.0 Å². The molecule has 14 heavy (non-hydrogen) atoms. The summed E-state index contributed by atoms with van der Waals surface area (Å²) in [5.74, 6) is 0. The van der Waals surface area contributed by atoms with Crippen LogP contribution >= 0.6 is 0 Å². The van der Waals surface area contributed by atoms with Crippen LogP contribution < -0.4 is 5.73 Å². The summed E-state index contributed by atoms with van der Waals surface area (Å²) < 4.78 is 0. The molecule has 0 fully saturated rings. The Hall–Kier alpha value is -1.08. The Morgan fingerprint density at radius 3 is 2.43 bits per heavy atom. The van der Waals surface area contributed by atoms with E-state index in [0.717, 1.165) is 12.8 Å². The van der Waals surface area contributed by atoms with Gasteiger partial charge in [-0.25, -0.2) is 0 Å². The third-order valence-corrected chi connectivity index (χ3v) is 2.99. The van der Waals surface area contributed by atoms with Crippen molar-refractivity contribution in [1.82, 2.24) is 0 Å². The summed E-state index contributed by atoms with van der Waals surface area (Å²) in [5, 5.41) is 0. The van der Waals surface area contributed by atoms with Crippen molar-refractivity contribution in [3.8, 4) is 0 Å². The summed E-state index contributed by atoms with van der Waals surface area (Å²) in [5.41, 5.74) is 7.30. The highest BCUT2D eigenvalue weighted by Gasteiger charge is 2.26. The normalized spacial score (nSPS) is 14.7. The largest absolute Gasteiger partial charge is 0.330 e. The van der Waals surface area contributed by atoms with Gasteiger partial charge >= 0.3 is 0 Å². The zero-order valence-electron chi connectivity index (χ0n) is 8.87. The van der Waals surface area contributed by atoms with Crippen molar-refractivity contribution < 1.29 is 0 Å². The van der Waals surface area contributed by atoms with Gasteiger partial charge in [0.25, 0.3) is 0 Å². The predicted octanol–water partition coefficient (Wildman–Crippen LogP) is 2.87. The molecule has 1 atom stereocenters. The van der Waals surface area contributed by atoms with Crippen LogP contribution in [-0.4, -0.2) is 6.54 Å². The van der Waals surface area contributed by atoms with Crippen LogP contribution in [0.15, 0.2) is 43.0 Å². The fourth-order valence-electron chi connectivity index (χ4n) is 1.88. The first kappa shape index (κ1) is 11.0. The van der Waals surface area contributed by atoms with Crippen LogP contribution in [0, 0.1) is 0 Å². The molecule has 1 aromatic rings. The van der Waals surface area contributed by atoms with Gasteiger partial charge in [0.2, 0.25) is 0 Å². The van der Waals surface area contributed by atoms with Crippen molar-refractivity contribution >= 4 is 0 Å². The molecule has 0 amide bonds. The van der Waals surface area contributed by atoms with Gasteiger partial charge < -0.3 is 5.73 Å². The molecule has 0 heterocycles. The van der Waals surface area contributed by atoms with Gasteiger partial charge in [0.05, 0.1) is 0 Å². The summed E-state index contributed by atoms with van der Waals surface area (Å²) in [6, 6.07) is 10.5. The van der Waals surface area contributed by atoms with E-state index in [1.54, 1.807) is 0 Å². The predicted molar refractivity (Wildman–Crippen MR) is 62.3 cm³/mol. The van der Waals surface area contributed by atoms with Gasteiger partial charge in [0, 0.05) is 12.0 Å². The number of hydrogen-bond donors (Lipinski definition) is 1. The Kier molecular flexibility index (Phi) is 3.90. The molecule has 0 bridgehead atoms. The maximum Gasteiger partial charge on any atom is 0.0107 e. The lowest BCUT2D eigenvalue weighted by atomic mass is 9.75. The molecule has 0 aromatic heterocycles. The lowest BCUT2D eigenvalue weighted by Gasteiger charge is -2.30. The fourth-order valence-corrected chi connectivity index (χ4v) is 1.88. The molecule has 0 aliphatic rings. The summed E-state index contributed by atoms with van der Waals surface area (Å²) in [7, 11) is 0. The SMILES string of the molecule is C=CCC(CC)(CN)c1ccccc1. The fraction of sp³-hybridized carbons (Fsp3) is 0.385. The van der Waals surface area contributed by atoms with Crippen molar-refractivity contribution in [3.05, 3.63) is 48.6 Å². The lowest BCUT2D eigenvalue weighted by molar-refractivity contribution is 0.427. The molecule has 1 aromatic carbocycles. The van der Waals surface area contributed by atoms with E-state index >= 15 is 0 Å². The Morgan fingerprint density at radius 2 is 2.00 bits per heavy atom. The molecule has 1 nitrogen and oxygen atoms in total. The van der Waals surface area contributed by atoms with E-state index in [0.29, 0.717) is 6.54 Å². The summed E-state index contributed by atoms with van der Waals surface area (Å²) >= 11 is 0. The molecule has 1 rings (SSSR count). The van der Waals surface area contributed by atoms with Crippen LogP contribution in [0.25, 0.3) is 0 Å². The van der Waals surface area contributed by atoms with Crippen LogP contribution in [0.5, 0.6) is 0 Å². The Labute approximate surface area is 86.6 Å². The molecule has 0 aliphatic heterocycles. The first-order chi connectivity index (χ1) is 6.79. The maximum absolute atomic E-state index is 5.89. The van der Waals surface area contributed by atoms with E-state index in [1.165, 1.54) is 5.56 Å². The second kappa shape index (κ2) is 4.97. The van der Waals surface area contributed by atoms with Crippen molar-refractivity contribution in [2.24, 2.45) is 5.73 Å². The van der Waals surface area contributed by atoms with Gasteiger partial charge in [-0.1, -0.05) is 43.3 Å². The van der Waals surface area contributed by atoms with E-state index in [2.05, 4.69) is 37.8 Å². The highest BCUT2D eigenvalue weighted by Crippen LogP contribution is 2.30. The molecule has 0 spiro atoms. The highest BCUT2D eigenvalue weighted by atomic mass is 14.6. The average Bonchev–Trinajstić information content (AvgIpc) is 2.27. The summed E-state index contributed by atoms with van der Waals surface area (Å²) in [4.78, 5) is 0. The average molecular weight is 189 g/mol. The number of benzene rings is 1. The van der Waals surface area contributed by atoms with E-state index in [4.69, 9.17) is 5.73 Å². The second-order valence-electron chi connectivity index (χ2n) is 3.70. The van der Waals surface area contributed by atoms with Gasteiger partial charge in [0.1, 0.15) is 0 Å². The third kappa shape index (κ3) is 2.05. The van der Waals surface area contributed by atoms with E-state index < -0.39 is 0 Å². The van der Waals surface area contributed by atoms with Crippen LogP contribution in [0.1, 0.15) is 25.3 Å². The van der Waals surface area contributed by atoms with Crippen molar-refractivity contribution in [3.63, 3.8) is 0 Å². The minimum absolute atomic E-state index is 0.0863. The monoisotopic (exact) mass is 189 g/mol. The molecule has 1 heteroatoms. The first-order valence-corrected chi connectivity index (χ1v) is 5.15. The Balaban J connectivity index is 3.03. The lowest BCUT2D eigenvalue weighted by Crippen LogP contribution is -2.33. The van der Waals surface area contributed by atoms with Crippen LogP contribution in [0.4, 0.5) is 0 Å². The molecule has 0 aliphatic carbocycles. The maximum atomic E-state index is 5.89. The van der Waals surface area contributed by atoms with Crippen LogP contribution in [0.2, 0.25) is 0 Å². The van der Waals surface area contributed by atoms with Gasteiger partial charge in [-0.05, 0) is 18.4 Å². The van der Waals surface area contributed by atoms with Crippen molar-refractivity contribution in [2.75, 3.05) is 6.54 Å². The summed E-state index contributed by atoms with van der Waals surface area (Å²) in [6.07, 6.45) is 3.97. The molecule has 1 unspecified atom stereocenters. The van der Waals surface area contributed by atoms with Crippen LogP contribution in [-0.2, 0) is 5.41 Å². The molecular formula is C13H19N. The van der Waals surface area contributed by atoms with E-state index in [-0.39, 0.29) is 5.41 Å². The van der Waals surface area contributed by atoms with E-state index in [1.807, 2.05) is 12.1 Å². The number of hydrogen-bond acceptors (Lipinski definition) is 1.